The number of nitrogens with zero attached hydrogens (tertiary/aromatic N) is 1. The smallest absolute Gasteiger partial charge is 0.228 e. The van der Waals surface area contributed by atoms with E-state index < -0.39 is 18.3 Å². The van der Waals surface area contributed by atoms with E-state index in [0.717, 1.165) is 16.2 Å². The van der Waals surface area contributed by atoms with Gasteiger partial charge in [0.2, 0.25) is 5.91 Å². The predicted octanol–water partition coefficient (Wildman–Crippen LogP) is 5.20. The highest BCUT2D eigenvalue weighted by Gasteiger charge is 2.43. The summed E-state index contributed by atoms with van der Waals surface area (Å²) in [4.78, 5) is 15.0. The second-order valence-electron chi connectivity index (χ2n) is 8.28. The fraction of sp³-hybridized carbons (Fsp3) is 0.240. The zero-order valence-corrected chi connectivity index (χ0v) is 18.3. The molecule has 3 aromatic rings. The Bertz CT molecular complexity index is 952. The number of carbonyl (C=O) groups excluding carboxylic acids is 1. The molecule has 0 bridgehead atoms. The van der Waals surface area contributed by atoms with Gasteiger partial charge in [-0.2, -0.15) is 0 Å². The predicted molar refractivity (Wildman–Crippen MR) is 121 cm³/mol. The van der Waals surface area contributed by atoms with Crippen LogP contribution in [0.2, 0.25) is 0 Å². The molecule has 29 heavy (non-hydrogen) atoms. The number of hydrogen-bond acceptors (Lipinski definition) is 2. The van der Waals surface area contributed by atoms with Crippen LogP contribution in [0.15, 0.2) is 91.0 Å². The lowest BCUT2D eigenvalue weighted by Gasteiger charge is -2.38. The summed E-state index contributed by atoms with van der Waals surface area (Å²) < 4.78 is 15.0. The summed E-state index contributed by atoms with van der Waals surface area (Å²) in [7, 11) is -1.46. The van der Waals surface area contributed by atoms with Crippen LogP contribution in [0.1, 0.15) is 32.1 Å². The van der Waals surface area contributed by atoms with E-state index in [1.165, 1.54) is 0 Å². The van der Waals surface area contributed by atoms with Gasteiger partial charge in [-0.3, -0.25) is 4.79 Å². The normalized spacial score (nSPS) is 13.0. The SMILES string of the molecule is CN(C(=O)C(C)(C)C)C(c1ccccc1)P(=O)(c1ccccc1)c1ccccc1. The minimum absolute atomic E-state index is 0.0431. The zero-order chi connectivity index (χ0) is 21.1. The van der Waals surface area contributed by atoms with Gasteiger partial charge in [-0.15, -0.1) is 0 Å². The van der Waals surface area contributed by atoms with Gasteiger partial charge in [-0.1, -0.05) is 112 Å². The van der Waals surface area contributed by atoms with Crippen molar-refractivity contribution in [2.75, 3.05) is 7.05 Å². The summed E-state index contributed by atoms with van der Waals surface area (Å²) >= 11 is 0. The molecule has 0 heterocycles. The lowest BCUT2D eigenvalue weighted by Crippen LogP contribution is -2.41. The van der Waals surface area contributed by atoms with Crippen LogP contribution in [0, 0.1) is 5.41 Å². The summed E-state index contributed by atoms with van der Waals surface area (Å²) in [5.41, 5.74) is 0.281. The summed E-state index contributed by atoms with van der Waals surface area (Å²) in [5, 5.41) is 1.49. The van der Waals surface area contributed by atoms with E-state index in [-0.39, 0.29) is 5.91 Å². The lowest BCUT2D eigenvalue weighted by atomic mass is 9.94. The van der Waals surface area contributed by atoms with Crippen molar-refractivity contribution in [2.24, 2.45) is 5.41 Å². The van der Waals surface area contributed by atoms with E-state index in [1.54, 1.807) is 11.9 Å². The molecule has 0 radical (unpaired) electrons. The number of amides is 1. The van der Waals surface area contributed by atoms with Crippen LogP contribution in [-0.4, -0.2) is 17.9 Å². The number of benzene rings is 3. The molecule has 0 saturated carbocycles. The molecule has 1 amide bonds. The van der Waals surface area contributed by atoms with Gasteiger partial charge in [0.25, 0.3) is 0 Å². The van der Waals surface area contributed by atoms with Gasteiger partial charge in [0.05, 0.1) is 0 Å². The number of hydrogen-bond donors (Lipinski definition) is 0. The summed E-state index contributed by atoms with van der Waals surface area (Å²) in [6.45, 7) is 5.68. The zero-order valence-electron chi connectivity index (χ0n) is 17.4. The van der Waals surface area contributed by atoms with Crippen molar-refractivity contribution >= 4 is 23.7 Å². The quantitative estimate of drug-likeness (QED) is 0.547. The van der Waals surface area contributed by atoms with Crippen molar-refractivity contribution in [1.29, 1.82) is 0 Å². The minimum Gasteiger partial charge on any atom is -0.331 e. The monoisotopic (exact) mass is 405 g/mol. The Hall–Kier alpha value is -2.64. The first-order valence-corrected chi connectivity index (χ1v) is 11.6. The largest absolute Gasteiger partial charge is 0.331 e. The van der Waals surface area contributed by atoms with Gasteiger partial charge in [-0.25, -0.2) is 0 Å². The number of rotatable bonds is 5. The minimum atomic E-state index is -3.23. The molecule has 0 saturated heterocycles. The van der Waals surface area contributed by atoms with Gasteiger partial charge in [0, 0.05) is 23.1 Å². The molecular formula is C25H28NO2P. The second-order valence-corrected chi connectivity index (χ2v) is 11.1. The molecule has 3 rings (SSSR count). The highest BCUT2D eigenvalue weighted by molar-refractivity contribution is 7.79. The van der Waals surface area contributed by atoms with Gasteiger partial charge >= 0.3 is 0 Å². The van der Waals surface area contributed by atoms with Crippen molar-refractivity contribution in [3.8, 4) is 0 Å². The van der Waals surface area contributed by atoms with Crippen molar-refractivity contribution in [3.63, 3.8) is 0 Å². The van der Waals surface area contributed by atoms with Gasteiger partial charge in [-0.05, 0) is 5.56 Å². The molecule has 0 aliphatic heterocycles. The average Bonchev–Trinajstić information content (AvgIpc) is 2.74. The molecule has 0 aromatic heterocycles. The maximum atomic E-state index is 15.0. The van der Waals surface area contributed by atoms with Gasteiger partial charge in [0.15, 0.2) is 7.14 Å². The molecule has 0 N–H and O–H groups in total. The Morgan fingerprint density at radius 1 is 0.759 bits per heavy atom. The molecule has 4 heteroatoms. The lowest BCUT2D eigenvalue weighted by molar-refractivity contribution is -0.138. The van der Waals surface area contributed by atoms with Crippen molar-refractivity contribution in [3.05, 3.63) is 96.6 Å². The molecule has 0 aliphatic rings. The molecule has 150 valence electrons. The van der Waals surface area contributed by atoms with Crippen molar-refractivity contribution in [2.45, 2.75) is 26.6 Å². The first-order valence-electron chi connectivity index (χ1n) is 9.79. The average molecular weight is 405 g/mol. The van der Waals surface area contributed by atoms with Crippen LogP contribution < -0.4 is 10.6 Å². The third-order valence-electron chi connectivity index (χ3n) is 5.05. The Labute approximate surface area is 173 Å². The van der Waals surface area contributed by atoms with E-state index in [1.807, 2.05) is 112 Å². The van der Waals surface area contributed by atoms with Crippen molar-refractivity contribution in [1.82, 2.24) is 4.90 Å². The summed E-state index contributed by atoms with van der Waals surface area (Å²) in [6, 6.07) is 28.7. The highest BCUT2D eigenvalue weighted by Crippen LogP contribution is 2.58. The summed E-state index contributed by atoms with van der Waals surface area (Å²) in [5.74, 6) is -0.640. The van der Waals surface area contributed by atoms with Gasteiger partial charge in [0.1, 0.15) is 5.78 Å². The standard InChI is InChI=1S/C25H28NO2P/c1-25(2,3)24(27)26(4)23(20-14-8-5-9-15-20)29(28,21-16-10-6-11-17-21)22-18-12-7-13-19-22/h5-19,23H,1-4H3. The fourth-order valence-electron chi connectivity index (χ4n) is 3.67. The Morgan fingerprint density at radius 2 is 1.14 bits per heavy atom. The van der Waals surface area contributed by atoms with E-state index in [2.05, 4.69) is 0 Å². The van der Waals surface area contributed by atoms with Crippen molar-refractivity contribution < 1.29 is 9.36 Å². The van der Waals surface area contributed by atoms with Crippen LogP contribution in [-0.2, 0) is 9.36 Å². The second kappa shape index (κ2) is 8.39. The van der Waals surface area contributed by atoms with Gasteiger partial charge < -0.3 is 9.46 Å². The van der Waals surface area contributed by atoms with Crippen LogP contribution in [0.4, 0.5) is 0 Å². The van der Waals surface area contributed by atoms with E-state index in [0.29, 0.717) is 0 Å². The van der Waals surface area contributed by atoms with Crippen LogP contribution in [0.5, 0.6) is 0 Å². The van der Waals surface area contributed by atoms with Crippen LogP contribution in [0.3, 0.4) is 0 Å². The molecule has 3 aromatic carbocycles. The number of carbonyl (C=O) groups is 1. The Balaban J connectivity index is 2.30. The fourth-order valence-corrected chi connectivity index (χ4v) is 6.95. The molecular weight excluding hydrogens is 377 g/mol. The maximum absolute atomic E-state index is 15.0. The highest BCUT2D eigenvalue weighted by atomic mass is 31.2. The Morgan fingerprint density at radius 3 is 1.52 bits per heavy atom. The Kier molecular flexibility index (Phi) is 6.10. The third-order valence-corrected chi connectivity index (χ3v) is 8.51. The van der Waals surface area contributed by atoms with E-state index in [9.17, 15) is 9.36 Å². The first-order chi connectivity index (χ1) is 13.8. The molecule has 0 fully saturated rings. The third kappa shape index (κ3) is 4.21. The molecule has 0 aliphatic carbocycles. The molecule has 3 nitrogen and oxygen atoms in total. The molecule has 0 spiro atoms. The molecule has 1 atom stereocenters. The van der Waals surface area contributed by atoms with Crippen LogP contribution in [0.25, 0.3) is 0 Å². The summed E-state index contributed by atoms with van der Waals surface area (Å²) in [6.07, 6.45) is 0. The first kappa shape index (κ1) is 21.1. The van der Waals surface area contributed by atoms with Crippen LogP contribution >= 0.6 is 7.14 Å². The topological polar surface area (TPSA) is 37.4 Å². The maximum Gasteiger partial charge on any atom is 0.228 e. The molecule has 1 unspecified atom stereocenters. The van der Waals surface area contributed by atoms with E-state index in [4.69, 9.17) is 0 Å². The van der Waals surface area contributed by atoms with E-state index >= 15 is 0 Å².